The number of amidine groups is 1. The van der Waals surface area contributed by atoms with Crippen LogP contribution in [0.2, 0.25) is 0 Å². The van der Waals surface area contributed by atoms with Crippen LogP contribution in [0.1, 0.15) is 5.56 Å². The van der Waals surface area contributed by atoms with Crippen molar-refractivity contribution in [3.8, 4) is 22.8 Å². The molecule has 0 spiro atoms. The highest BCUT2D eigenvalue weighted by Gasteiger charge is 2.46. The van der Waals surface area contributed by atoms with Crippen LogP contribution >= 0.6 is 11.8 Å². The number of aromatic nitrogens is 3. The second kappa shape index (κ2) is 14.1. The summed E-state index contributed by atoms with van der Waals surface area (Å²) in [6, 6.07) is 10.3. The Bertz CT molecular complexity index is 2070. The van der Waals surface area contributed by atoms with Gasteiger partial charge in [-0.25, -0.2) is 27.3 Å². The summed E-state index contributed by atoms with van der Waals surface area (Å²) in [6.07, 6.45) is -3.43. The van der Waals surface area contributed by atoms with E-state index in [0.29, 0.717) is 0 Å². The highest BCUT2D eigenvalue weighted by Crippen LogP contribution is 2.34. The summed E-state index contributed by atoms with van der Waals surface area (Å²) in [5.41, 5.74) is -5.29. The second-order valence-corrected chi connectivity index (χ2v) is 13.0. The quantitative estimate of drug-likeness (QED) is 0.200. The Hall–Kier alpha value is -5.02. The maximum absolute atomic E-state index is 15.1. The summed E-state index contributed by atoms with van der Waals surface area (Å²) in [4.78, 5) is 33.6. The summed E-state index contributed by atoms with van der Waals surface area (Å²) in [7, 11) is -4.22. The van der Waals surface area contributed by atoms with Crippen molar-refractivity contribution in [2.45, 2.75) is 23.2 Å². The number of carbonyl (C=O) groups excluding carboxylic acids is 2. The van der Waals surface area contributed by atoms with Gasteiger partial charge in [0.15, 0.2) is 11.0 Å². The first-order chi connectivity index (χ1) is 23.5. The second-order valence-electron chi connectivity index (χ2n) is 10.1. The van der Waals surface area contributed by atoms with Gasteiger partial charge in [-0.3, -0.25) is 9.69 Å². The number of sulfone groups is 1. The topological polar surface area (TPSA) is 145 Å². The third-order valence-electron chi connectivity index (χ3n) is 6.70. The van der Waals surface area contributed by atoms with Crippen molar-refractivity contribution in [1.29, 1.82) is 0 Å². The lowest BCUT2D eigenvalue weighted by Crippen LogP contribution is -2.31. The number of halogens is 7. The van der Waals surface area contributed by atoms with Crippen molar-refractivity contribution in [1.82, 2.24) is 14.8 Å². The third kappa shape index (κ3) is 8.05. The molecule has 2 heterocycles. The van der Waals surface area contributed by atoms with Crippen molar-refractivity contribution >= 4 is 50.1 Å². The molecule has 1 aliphatic rings. The Morgan fingerprint density at radius 3 is 2.40 bits per heavy atom. The summed E-state index contributed by atoms with van der Waals surface area (Å²) < 4.78 is 126. The van der Waals surface area contributed by atoms with Crippen LogP contribution in [-0.2, 0) is 26.0 Å². The van der Waals surface area contributed by atoms with Crippen molar-refractivity contribution in [3.05, 3.63) is 78.4 Å². The van der Waals surface area contributed by atoms with Gasteiger partial charge in [0.1, 0.15) is 24.5 Å². The summed E-state index contributed by atoms with van der Waals surface area (Å²) in [6.45, 7) is -2.07. The van der Waals surface area contributed by atoms with E-state index >= 15 is 4.39 Å². The van der Waals surface area contributed by atoms with E-state index in [9.17, 15) is 44.3 Å². The number of rotatable bonds is 9. The van der Waals surface area contributed by atoms with E-state index in [1.165, 1.54) is 37.4 Å². The normalized spacial score (nSPS) is 14.8. The number of alkyl halides is 6. The Labute approximate surface area is 281 Å². The van der Waals surface area contributed by atoms with Crippen LogP contribution in [0, 0.1) is 5.82 Å². The zero-order chi connectivity index (χ0) is 36.4. The lowest BCUT2D eigenvalue weighted by molar-refractivity contribution is -0.176. The first-order valence-electron chi connectivity index (χ1n) is 13.8. The standard InChI is InChI=1S/C29H21F7N6O6S2/c1-47-19-6-2-17(12-48-14-28(31,32)33)23(11-19)42-24(43)13-49-27(42)39-26(44)38-22-9-3-16(10-21(22)30)25-37-15-41(40-25)18-4-7-20(8-5-18)50(45,46)29(34,35)36/h2-11,15H,12-14H2,1H3,(H,38,44)/b39-27-. The SMILES string of the molecule is COc1ccc(COCC(F)(F)F)c(N2C(=O)CS/C2=N\C(=O)Nc2ccc(-c3ncn(-c4ccc(S(=O)(=O)C(F)(F)F)cc4)n3)cc2F)c1. The predicted octanol–water partition coefficient (Wildman–Crippen LogP) is 6.12. The monoisotopic (exact) mass is 746 g/mol. The van der Waals surface area contributed by atoms with E-state index < -0.39 is 57.4 Å². The minimum Gasteiger partial charge on any atom is -0.497 e. The van der Waals surface area contributed by atoms with E-state index in [1.54, 1.807) is 0 Å². The average molecular weight is 747 g/mol. The minimum atomic E-state index is -5.55. The van der Waals surface area contributed by atoms with Crippen molar-refractivity contribution in [2.75, 3.05) is 29.7 Å². The maximum atomic E-state index is 15.1. The zero-order valence-corrected chi connectivity index (χ0v) is 26.8. The number of anilines is 2. The highest BCUT2D eigenvalue weighted by atomic mass is 32.2. The number of thioether (sulfide) groups is 1. The molecule has 12 nitrogen and oxygen atoms in total. The highest BCUT2D eigenvalue weighted by molar-refractivity contribution is 8.15. The molecule has 0 aliphatic carbocycles. The molecule has 1 N–H and O–H groups in total. The third-order valence-corrected chi connectivity index (χ3v) is 9.12. The van der Waals surface area contributed by atoms with E-state index in [2.05, 4.69) is 20.4 Å². The summed E-state index contributed by atoms with van der Waals surface area (Å²) in [5, 5.41) is 6.23. The van der Waals surface area contributed by atoms with Crippen LogP contribution < -0.4 is 15.0 Å². The van der Waals surface area contributed by atoms with Gasteiger partial charge in [-0.2, -0.15) is 31.3 Å². The van der Waals surface area contributed by atoms with Gasteiger partial charge in [0.05, 0.1) is 41.4 Å². The molecule has 3 amide bonds. The molecule has 50 heavy (non-hydrogen) atoms. The molecule has 21 heteroatoms. The molecule has 3 aromatic carbocycles. The van der Waals surface area contributed by atoms with Crippen LogP contribution in [-0.4, -0.2) is 71.4 Å². The molecule has 0 atom stereocenters. The van der Waals surface area contributed by atoms with Gasteiger partial charge >= 0.3 is 17.7 Å². The smallest absolute Gasteiger partial charge is 0.497 e. The van der Waals surface area contributed by atoms with Gasteiger partial charge in [-0.1, -0.05) is 17.8 Å². The molecule has 0 bridgehead atoms. The van der Waals surface area contributed by atoms with E-state index in [4.69, 9.17) is 9.47 Å². The van der Waals surface area contributed by atoms with Crippen LogP contribution in [0.15, 0.2) is 76.9 Å². The van der Waals surface area contributed by atoms with Crippen molar-refractivity contribution in [2.24, 2.45) is 4.99 Å². The Morgan fingerprint density at radius 1 is 1.04 bits per heavy atom. The van der Waals surface area contributed by atoms with Gasteiger partial charge in [0.25, 0.3) is 9.84 Å². The Morgan fingerprint density at radius 2 is 1.76 bits per heavy atom. The molecule has 1 aliphatic heterocycles. The lowest BCUT2D eigenvalue weighted by Gasteiger charge is -2.21. The van der Waals surface area contributed by atoms with Gasteiger partial charge in [-0.15, -0.1) is 5.10 Å². The number of amides is 3. The number of nitrogens with zero attached hydrogens (tertiary/aromatic N) is 5. The van der Waals surface area contributed by atoms with E-state index in [0.717, 1.165) is 58.0 Å². The molecule has 4 aromatic rings. The largest absolute Gasteiger partial charge is 0.501 e. The van der Waals surface area contributed by atoms with E-state index in [1.807, 2.05) is 0 Å². The number of aliphatic imine (C=N–C) groups is 1. The molecule has 0 unspecified atom stereocenters. The van der Waals surface area contributed by atoms with Gasteiger partial charge in [0.2, 0.25) is 5.91 Å². The molecule has 264 valence electrons. The van der Waals surface area contributed by atoms with Crippen molar-refractivity contribution < 1.29 is 58.2 Å². The van der Waals surface area contributed by atoms with Crippen LogP contribution in [0.25, 0.3) is 17.1 Å². The molecular formula is C29H21F7N6O6S2. The van der Waals surface area contributed by atoms with Gasteiger partial charge in [-0.05, 0) is 48.5 Å². The first-order valence-corrected chi connectivity index (χ1v) is 16.2. The number of nitrogens with one attached hydrogen (secondary N) is 1. The number of urea groups is 1. The van der Waals surface area contributed by atoms with Crippen LogP contribution in [0.5, 0.6) is 5.75 Å². The first kappa shape index (κ1) is 36.3. The van der Waals surface area contributed by atoms with Gasteiger partial charge in [0, 0.05) is 17.2 Å². The molecule has 5 rings (SSSR count). The fourth-order valence-corrected chi connectivity index (χ4v) is 6.00. The number of ether oxygens (including phenoxy) is 2. The minimum absolute atomic E-state index is 0.0289. The zero-order valence-electron chi connectivity index (χ0n) is 25.1. The van der Waals surface area contributed by atoms with Crippen LogP contribution in [0.4, 0.5) is 46.9 Å². The molecule has 1 saturated heterocycles. The summed E-state index contributed by atoms with van der Waals surface area (Å²) >= 11 is 0.861. The number of benzene rings is 3. The number of methoxy groups -OCH3 is 1. The number of hydrogen-bond donors (Lipinski definition) is 1. The van der Waals surface area contributed by atoms with Crippen molar-refractivity contribution in [3.63, 3.8) is 0 Å². The fraction of sp³-hybridized carbons (Fsp3) is 0.207. The molecule has 1 fully saturated rings. The fourth-order valence-electron chi connectivity index (χ4n) is 4.38. The number of hydrogen-bond acceptors (Lipinski definition) is 9. The van der Waals surface area contributed by atoms with Gasteiger partial charge < -0.3 is 14.8 Å². The lowest BCUT2D eigenvalue weighted by atomic mass is 10.1. The molecule has 1 aromatic heterocycles. The Balaban J connectivity index is 1.31. The molecular weight excluding hydrogens is 725 g/mol. The summed E-state index contributed by atoms with van der Waals surface area (Å²) in [5.74, 6) is -1.43. The molecule has 0 radical (unpaired) electrons. The van der Waals surface area contributed by atoms with E-state index in [-0.39, 0.29) is 50.7 Å². The predicted molar refractivity (Wildman–Crippen MR) is 165 cm³/mol. The average Bonchev–Trinajstić information content (AvgIpc) is 3.68. The van der Waals surface area contributed by atoms with Crippen LogP contribution in [0.3, 0.4) is 0 Å². The maximum Gasteiger partial charge on any atom is 0.501 e. The number of carbonyl (C=O) groups is 2. The molecule has 0 saturated carbocycles. The Kier molecular flexibility index (Phi) is 10.2.